The Labute approximate surface area is 87.5 Å². The number of ether oxygens (including phenoxy) is 2. The Bertz CT molecular complexity index is 226. The SMILES string of the molecule is C/C=C/C(OC)=C(\OC)O[Si](C)(C)C. The van der Waals surface area contributed by atoms with E-state index in [0.717, 1.165) is 0 Å². The molecule has 0 aromatic rings. The minimum atomic E-state index is -1.65. The Morgan fingerprint density at radius 2 is 1.64 bits per heavy atom. The fourth-order valence-corrected chi connectivity index (χ4v) is 1.58. The lowest BCUT2D eigenvalue weighted by Gasteiger charge is -2.21. The van der Waals surface area contributed by atoms with Crippen LogP contribution in [-0.4, -0.2) is 22.5 Å². The molecule has 0 aromatic heterocycles. The van der Waals surface area contributed by atoms with Crippen LogP contribution in [0.15, 0.2) is 23.9 Å². The van der Waals surface area contributed by atoms with Crippen LogP contribution in [0, 0.1) is 0 Å². The maximum absolute atomic E-state index is 5.71. The van der Waals surface area contributed by atoms with Gasteiger partial charge in [-0.15, -0.1) is 0 Å². The topological polar surface area (TPSA) is 27.7 Å². The Hall–Kier alpha value is -0.903. The molecular formula is C10H20O3Si. The van der Waals surface area contributed by atoms with Crippen molar-refractivity contribution < 1.29 is 13.9 Å². The van der Waals surface area contributed by atoms with Crippen molar-refractivity contribution in [2.45, 2.75) is 26.6 Å². The highest BCUT2D eigenvalue weighted by atomic mass is 28.4. The van der Waals surface area contributed by atoms with Gasteiger partial charge in [0.05, 0.1) is 14.2 Å². The molecule has 0 saturated carbocycles. The van der Waals surface area contributed by atoms with Crippen LogP contribution in [0.25, 0.3) is 0 Å². The number of methoxy groups -OCH3 is 2. The molecule has 0 heterocycles. The van der Waals surface area contributed by atoms with E-state index in [2.05, 4.69) is 19.6 Å². The summed E-state index contributed by atoms with van der Waals surface area (Å²) in [5.41, 5.74) is 0. The average molecular weight is 216 g/mol. The average Bonchev–Trinajstić information content (AvgIpc) is 2.09. The zero-order valence-electron chi connectivity index (χ0n) is 9.88. The van der Waals surface area contributed by atoms with Crippen LogP contribution in [0.2, 0.25) is 19.6 Å². The summed E-state index contributed by atoms with van der Waals surface area (Å²) >= 11 is 0. The van der Waals surface area contributed by atoms with Gasteiger partial charge in [0.2, 0.25) is 8.32 Å². The second-order valence-electron chi connectivity index (χ2n) is 3.77. The summed E-state index contributed by atoms with van der Waals surface area (Å²) in [5, 5.41) is 0. The Morgan fingerprint density at radius 3 is 1.93 bits per heavy atom. The fraction of sp³-hybridized carbons (Fsp3) is 0.600. The lowest BCUT2D eigenvalue weighted by Crippen LogP contribution is -2.26. The Morgan fingerprint density at radius 1 is 1.07 bits per heavy atom. The fourth-order valence-electron chi connectivity index (χ4n) is 0.841. The van der Waals surface area contributed by atoms with Crippen molar-refractivity contribution in [1.29, 1.82) is 0 Å². The van der Waals surface area contributed by atoms with Gasteiger partial charge in [-0.05, 0) is 32.6 Å². The van der Waals surface area contributed by atoms with Gasteiger partial charge in [-0.3, -0.25) is 0 Å². The van der Waals surface area contributed by atoms with Crippen LogP contribution in [0.3, 0.4) is 0 Å². The highest BCUT2D eigenvalue weighted by Gasteiger charge is 2.20. The molecule has 0 aliphatic carbocycles. The standard InChI is InChI=1S/C10H20O3Si/c1-7-8-9(11-2)10(12-3)13-14(4,5)6/h7-8H,1-6H3/b8-7+,10-9-. The zero-order valence-corrected chi connectivity index (χ0v) is 10.9. The van der Waals surface area contributed by atoms with Crippen molar-refractivity contribution in [2.75, 3.05) is 14.2 Å². The van der Waals surface area contributed by atoms with Crippen molar-refractivity contribution in [3.05, 3.63) is 23.9 Å². The largest absolute Gasteiger partial charge is 0.517 e. The summed E-state index contributed by atoms with van der Waals surface area (Å²) in [6, 6.07) is 0. The first kappa shape index (κ1) is 13.1. The van der Waals surface area contributed by atoms with Gasteiger partial charge in [-0.2, -0.15) is 0 Å². The van der Waals surface area contributed by atoms with Crippen molar-refractivity contribution in [3.8, 4) is 0 Å². The van der Waals surface area contributed by atoms with Crippen LogP contribution in [0.5, 0.6) is 0 Å². The van der Waals surface area contributed by atoms with Crippen LogP contribution in [0.4, 0.5) is 0 Å². The van der Waals surface area contributed by atoms with E-state index in [1.807, 2.05) is 19.1 Å². The summed E-state index contributed by atoms with van der Waals surface area (Å²) < 4.78 is 16.0. The molecule has 4 heteroatoms. The lowest BCUT2D eigenvalue weighted by molar-refractivity contribution is 0.117. The van der Waals surface area contributed by atoms with Crippen molar-refractivity contribution in [2.24, 2.45) is 0 Å². The highest BCUT2D eigenvalue weighted by molar-refractivity contribution is 6.70. The quantitative estimate of drug-likeness (QED) is 0.402. The first-order valence-corrected chi connectivity index (χ1v) is 7.99. The molecule has 0 aliphatic heterocycles. The molecule has 3 nitrogen and oxygen atoms in total. The van der Waals surface area contributed by atoms with Crippen LogP contribution in [-0.2, 0) is 13.9 Å². The van der Waals surface area contributed by atoms with E-state index in [1.54, 1.807) is 14.2 Å². The molecule has 14 heavy (non-hydrogen) atoms. The Kier molecular flexibility index (Phi) is 5.38. The van der Waals surface area contributed by atoms with Gasteiger partial charge in [0.1, 0.15) is 0 Å². The van der Waals surface area contributed by atoms with Crippen LogP contribution < -0.4 is 0 Å². The molecule has 0 rings (SSSR count). The van der Waals surface area contributed by atoms with Gasteiger partial charge in [-0.1, -0.05) is 6.08 Å². The molecule has 0 fully saturated rings. The second-order valence-corrected chi connectivity index (χ2v) is 8.20. The molecule has 0 unspecified atom stereocenters. The first-order chi connectivity index (χ1) is 6.44. The number of rotatable bonds is 5. The van der Waals surface area contributed by atoms with Gasteiger partial charge < -0.3 is 13.9 Å². The maximum atomic E-state index is 5.71. The van der Waals surface area contributed by atoms with E-state index in [-0.39, 0.29) is 0 Å². The van der Waals surface area contributed by atoms with Crippen LogP contribution in [0.1, 0.15) is 6.92 Å². The molecule has 82 valence electrons. The van der Waals surface area contributed by atoms with Gasteiger partial charge in [-0.25, -0.2) is 0 Å². The van der Waals surface area contributed by atoms with E-state index < -0.39 is 8.32 Å². The summed E-state index contributed by atoms with van der Waals surface area (Å²) in [5.74, 6) is 1.09. The van der Waals surface area contributed by atoms with E-state index >= 15 is 0 Å². The summed E-state index contributed by atoms with van der Waals surface area (Å²) in [4.78, 5) is 0. The first-order valence-electron chi connectivity index (χ1n) is 4.58. The number of hydrogen-bond acceptors (Lipinski definition) is 3. The Balaban J connectivity index is 4.80. The lowest BCUT2D eigenvalue weighted by atomic mass is 10.4. The summed E-state index contributed by atoms with van der Waals surface area (Å²) in [7, 11) is 1.53. The molecular weight excluding hydrogens is 196 g/mol. The van der Waals surface area contributed by atoms with E-state index in [9.17, 15) is 0 Å². The van der Waals surface area contributed by atoms with Gasteiger partial charge in [0, 0.05) is 0 Å². The third kappa shape index (κ3) is 4.96. The third-order valence-electron chi connectivity index (χ3n) is 1.32. The molecule has 0 bridgehead atoms. The summed E-state index contributed by atoms with van der Waals surface area (Å²) in [6.07, 6.45) is 3.70. The minimum Gasteiger partial charge on any atom is -0.517 e. The van der Waals surface area contributed by atoms with Crippen molar-refractivity contribution in [3.63, 3.8) is 0 Å². The van der Waals surface area contributed by atoms with Gasteiger partial charge >= 0.3 is 5.95 Å². The number of hydrogen-bond donors (Lipinski definition) is 0. The highest BCUT2D eigenvalue weighted by Crippen LogP contribution is 2.16. The van der Waals surface area contributed by atoms with Crippen LogP contribution >= 0.6 is 0 Å². The minimum absolute atomic E-state index is 0.463. The van der Waals surface area contributed by atoms with Gasteiger partial charge in [0.25, 0.3) is 0 Å². The zero-order chi connectivity index (χ0) is 11.2. The van der Waals surface area contributed by atoms with E-state index in [1.165, 1.54) is 0 Å². The van der Waals surface area contributed by atoms with Crippen molar-refractivity contribution in [1.82, 2.24) is 0 Å². The molecule has 0 aliphatic rings. The normalized spacial score (nSPS) is 13.9. The predicted octanol–water partition coefficient (Wildman–Crippen LogP) is 2.88. The molecule has 0 atom stereocenters. The monoisotopic (exact) mass is 216 g/mol. The smallest absolute Gasteiger partial charge is 0.309 e. The molecule has 0 aromatic carbocycles. The second kappa shape index (κ2) is 5.75. The molecule has 0 radical (unpaired) electrons. The number of allylic oxidation sites excluding steroid dienone is 2. The molecule has 0 N–H and O–H groups in total. The van der Waals surface area contributed by atoms with E-state index in [0.29, 0.717) is 11.7 Å². The van der Waals surface area contributed by atoms with E-state index in [4.69, 9.17) is 13.9 Å². The maximum Gasteiger partial charge on any atom is 0.309 e. The molecule has 0 amide bonds. The predicted molar refractivity (Wildman–Crippen MR) is 60.3 cm³/mol. The van der Waals surface area contributed by atoms with Gasteiger partial charge in [0.15, 0.2) is 5.76 Å². The summed E-state index contributed by atoms with van der Waals surface area (Å²) in [6.45, 7) is 8.19. The van der Waals surface area contributed by atoms with Crippen molar-refractivity contribution >= 4 is 8.32 Å². The third-order valence-corrected chi connectivity index (χ3v) is 2.12. The molecule has 0 spiro atoms. The molecule has 0 saturated heterocycles.